The van der Waals surface area contributed by atoms with Crippen LogP contribution >= 0.6 is 0 Å². The topological polar surface area (TPSA) is 120 Å². The molecule has 2 saturated heterocycles. The smallest absolute Gasteiger partial charge is 0.339 e. The van der Waals surface area contributed by atoms with E-state index in [2.05, 4.69) is 9.88 Å². The molecule has 0 saturated carbocycles. The van der Waals surface area contributed by atoms with Gasteiger partial charge in [0.1, 0.15) is 0 Å². The Bertz CT molecular complexity index is 1400. The van der Waals surface area contributed by atoms with E-state index in [9.17, 15) is 22.8 Å². The van der Waals surface area contributed by atoms with Gasteiger partial charge in [-0.3, -0.25) is 14.6 Å². The minimum Gasteiger partial charge on any atom is -0.465 e. The second kappa shape index (κ2) is 10.3. The van der Waals surface area contributed by atoms with Crippen LogP contribution in [0.2, 0.25) is 0 Å². The first-order chi connectivity index (χ1) is 18.5. The van der Waals surface area contributed by atoms with Crippen molar-refractivity contribution in [3.05, 3.63) is 53.3 Å². The van der Waals surface area contributed by atoms with Gasteiger partial charge in [-0.1, -0.05) is 0 Å². The first-order valence-electron chi connectivity index (χ1n) is 13.0. The molecule has 5 rings (SSSR count). The number of methoxy groups -OCH3 is 1. The van der Waals surface area contributed by atoms with E-state index >= 15 is 0 Å². The number of esters is 1. The minimum absolute atomic E-state index is 0.00867. The van der Waals surface area contributed by atoms with Gasteiger partial charge in [0.25, 0.3) is 0 Å². The zero-order chi connectivity index (χ0) is 27.9. The maximum absolute atomic E-state index is 13.6. The number of hydrogen-bond donors (Lipinski definition) is 0. The van der Waals surface area contributed by atoms with Gasteiger partial charge in [-0.2, -0.15) is 4.31 Å². The van der Waals surface area contributed by atoms with Gasteiger partial charge in [0.05, 0.1) is 24.0 Å². The number of amides is 2. The third kappa shape index (κ3) is 5.04. The molecule has 1 aromatic heterocycles. The van der Waals surface area contributed by atoms with Crippen molar-refractivity contribution in [2.45, 2.75) is 30.1 Å². The van der Waals surface area contributed by atoms with E-state index in [-0.39, 0.29) is 23.1 Å². The van der Waals surface area contributed by atoms with E-state index in [1.165, 1.54) is 24.5 Å². The highest BCUT2D eigenvalue weighted by Gasteiger charge is 2.50. The summed E-state index contributed by atoms with van der Waals surface area (Å²) in [5.74, 6) is -0.744. The Morgan fingerprint density at radius 1 is 1.03 bits per heavy atom. The molecular formula is C27H33N5O6S. The molecule has 4 heterocycles. The van der Waals surface area contributed by atoms with Crippen molar-refractivity contribution in [2.75, 3.05) is 64.9 Å². The van der Waals surface area contributed by atoms with Gasteiger partial charge in [-0.15, -0.1) is 0 Å². The molecule has 1 unspecified atom stereocenters. The molecule has 0 radical (unpaired) electrons. The molecule has 0 aliphatic carbocycles. The quantitative estimate of drug-likeness (QED) is 0.499. The van der Waals surface area contributed by atoms with Crippen molar-refractivity contribution in [1.82, 2.24) is 19.1 Å². The SMILES string of the molecule is COC(=O)c1ccc(CC(=O)N2CC3(CCN(C(C)=O)C3)c3cc(S(=O)(=O)N4CCN(C)CC4)ccc32)nc1. The number of anilines is 1. The Hall–Kier alpha value is -3.35. The molecule has 3 aliphatic heterocycles. The lowest BCUT2D eigenvalue weighted by atomic mass is 9.81. The molecule has 0 N–H and O–H groups in total. The molecule has 11 nitrogen and oxygen atoms in total. The van der Waals surface area contributed by atoms with Crippen molar-refractivity contribution in [3.8, 4) is 0 Å². The normalized spacial score (nSPS) is 21.8. The van der Waals surface area contributed by atoms with Crippen LogP contribution in [0, 0.1) is 0 Å². The lowest BCUT2D eigenvalue weighted by molar-refractivity contribution is -0.128. The zero-order valence-corrected chi connectivity index (χ0v) is 23.2. The number of carbonyl (C=O) groups excluding carboxylic acids is 3. The lowest BCUT2D eigenvalue weighted by Crippen LogP contribution is -2.47. The third-order valence-electron chi connectivity index (χ3n) is 8.07. The van der Waals surface area contributed by atoms with Gasteiger partial charge in [0, 0.05) is 75.7 Å². The average Bonchev–Trinajstić information content (AvgIpc) is 3.51. The fourth-order valence-corrected chi connectivity index (χ4v) is 7.17. The third-order valence-corrected chi connectivity index (χ3v) is 9.96. The first-order valence-corrected chi connectivity index (χ1v) is 14.4. The summed E-state index contributed by atoms with van der Waals surface area (Å²) in [6.45, 7) is 5.01. The van der Waals surface area contributed by atoms with E-state index in [0.29, 0.717) is 69.2 Å². The van der Waals surface area contributed by atoms with Crippen molar-refractivity contribution < 1.29 is 27.5 Å². The number of hydrogen-bond acceptors (Lipinski definition) is 8. The van der Waals surface area contributed by atoms with E-state index in [4.69, 9.17) is 4.74 Å². The van der Waals surface area contributed by atoms with E-state index < -0.39 is 21.4 Å². The molecule has 3 aliphatic rings. The van der Waals surface area contributed by atoms with E-state index in [0.717, 1.165) is 5.56 Å². The predicted molar refractivity (Wildman–Crippen MR) is 143 cm³/mol. The number of likely N-dealkylation sites (N-methyl/N-ethyl adjacent to an activating group) is 1. The fraction of sp³-hybridized carbons (Fsp3) is 0.481. The van der Waals surface area contributed by atoms with E-state index in [1.54, 1.807) is 40.1 Å². The van der Waals surface area contributed by atoms with Gasteiger partial charge in [0.15, 0.2) is 0 Å². The number of ether oxygens (including phenoxy) is 1. The molecule has 1 atom stereocenters. The summed E-state index contributed by atoms with van der Waals surface area (Å²) >= 11 is 0. The van der Waals surface area contributed by atoms with Crippen LogP contribution in [-0.4, -0.2) is 105 Å². The van der Waals surface area contributed by atoms with Gasteiger partial charge in [-0.05, 0) is 49.4 Å². The molecule has 2 aromatic rings. The maximum atomic E-state index is 13.6. The minimum atomic E-state index is -3.71. The summed E-state index contributed by atoms with van der Waals surface area (Å²) < 4.78 is 33.3. The van der Waals surface area contributed by atoms with Crippen molar-refractivity contribution >= 4 is 33.5 Å². The molecule has 2 fully saturated rings. The molecular weight excluding hydrogens is 522 g/mol. The van der Waals surface area contributed by atoms with Crippen LogP contribution in [0.5, 0.6) is 0 Å². The number of carbonyl (C=O) groups is 3. The monoisotopic (exact) mass is 555 g/mol. The van der Waals surface area contributed by atoms with Gasteiger partial charge in [0.2, 0.25) is 21.8 Å². The Labute approximate surface area is 228 Å². The number of nitrogens with zero attached hydrogens (tertiary/aromatic N) is 5. The summed E-state index contributed by atoms with van der Waals surface area (Å²) in [6, 6.07) is 8.19. The number of likely N-dealkylation sites (tertiary alicyclic amines) is 1. The summed E-state index contributed by atoms with van der Waals surface area (Å²) in [7, 11) is -0.447. The van der Waals surface area contributed by atoms with Crippen LogP contribution in [0.1, 0.15) is 35.0 Å². The van der Waals surface area contributed by atoms with Crippen LogP contribution in [0.15, 0.2) is 41.4 Å². The molecule has 208 valence electrons. The second-order valence-electron chi connectivity index (χ2n) is 10.5. The summed E-state index contributed by atoms with van der Waals surface area (Å²) in [5.41, 5.74) is 1.69. The predicted octanol–water partition coefficient (Wildman–Crippen LogP) is 0.884. The summed E-state index contributed by atoms with van der Waals surface area (Å²) in [5, 5.41) is 0. The van der Waals surface area contributed by atoms with Crippen LogP contribution in [0.25, 0.3) is 0 Å². The van der Waals surface area contributed by atoms with Gasteiger partial charge >= 0.3 is 5.97 Å². The average molecular weight is 556 g/mol. The fourth-order valence-electron chi connectivity index (χ4n) is 5.72. The molecule has 2 amide bonds. The number of benzene rings is 1. The number of aromatic nitrogens is 1. The standard InChI is InChI=1S/C27H33N5O6S/c1-19(33)30-9-8-27(17-30)18-32(25(34)14-21-5-4-20(16-28-21)26(35)38-3)24-7-6-22(15-23(24)27)39(36,37)31-12-10-29(2)11-13-31/h4-7,15-16H,8-14,17-18H2,1-3H3. The van der Waals surface area contributed by atoms with Crippen molar-refractivity contribution in [3.63, 3.8) is 0 Å². The number of sulfonamides is 1. The number of pyridine rings is 1. The number of rotatable bonds is 5. The summed E-state index contributed by atoms with van der Waals surface area (Å²) in [4.78, 5) is 47.5. The molecule has 1 spiro atoms. The number of piperazine rings is 1. The van der Waals surface area contributed by atoms with Crippen LogP contribution in [-0.2, 0) is 36.2 Å². The van der Waals surface area contributed by atoms with Gasteiger partial charge in [-0.25, -0.2) is 13.2 Å². The van der Waals surface area contributed by atoms with Crippen LogP contribution in [0.4, 0.5) is 5.69 Å². The molecule has 0 bridgehead atoms. The Balaban J connectivity index is 1.46. The largest absolute Gasteiger partial charge is 0.465 e. The first kappa shape index (κ1) is 27.2. The highest BCUT2D eigenvalue weighted by atomic mass is 32.2. The second-order valence-corrected chi connectivity index (χ2v) is 12.5. The van der Waals surface area contributed by atoms with Crippen LogP contribution < -0.4 is 4.90 Å². The Morgan fingerprint density at radius 3 is 2.38 bits per heavy atom. The lowest BCUT2D eigenvalue weighted by Gasteiger charge is -2.32. The maximum Gasteiger partial charge on any atom is 0.339 e. The molecule has 39 heavy (non-hydrogen) atoms. The summed E-state index contributed by atoms with van der Waals surface area (Å²) in [6.07, 6.45) is 2.02. The zero-order valence-electron chi connectivity index (χ0n) is 22.4. The van der Waals surface area contributed by atoms with Crippen molar-refractivity contribution in [2.24, 2.45) is 0 Å². The Morgan fingerprint density at radius 2 is 1.77 bits per heavy atom. The highest BCUT2D eigenvalue weighted by molar-refractivity contribution is 7.89. The van der Waals surface area contributed by atoms with Crippen LogP contribution in [0.3, 0.4) is 0 Å². The highest BCUT2D eigenvalue weighted by Crippen LogP contribution is 2.47. The Kier molecular flexibility index (Phi) is 7.21. The van der Waals surface area contributed by atoms with Crippen molar-refractivity contribution in [1.29, 1.82) is 0 Å². The van der Waals surface area contributed by atoms with Gasteiger partial charge < -0.3 is 19.4 Å². The molecule has 12 heteroatoms. The number of fused-ring (bicyclic) bond motifs is 2. The van der Waals surface area contributed by atoms with E-state index in [1.807, 2.05) is 7.05 Å². The molecule has 1 aromatic carbocycles.